The topological polar surface area (TPSA) is 95.3 Å². The van der Waals surface area contributed by atoms with Gasteiger partial charge in [-0.3, -0.25) is 0 Å². The number of nitrogens with zero attached hydrogens (tertiary/aromatic N) is 2. The highest BCUT2D eigenvalue weighted by Crippen LogP contribution is 2.34. The van der Waals surface area contributed by atoms with Crippen LogP contribution in [-0.2, 0) is 0 Å². The minimum Gasteiger partial charge on any atom is -0.465 e. The number of aliphatic hydroxyl groups excluding tert-OH is 1. The molecule has 2 aromatic heterocycles. The van der Waals surface area contributed by atoms with E-state index in [9.17, 15) is 15.0 Å². The summed E-state index contributed by atoms with van der Waals surface area (Å²) in [7, 11) is 0. The number of carboxylic acid groups (broad SMARTS) is 1. The van der Waals surface area contributed by atoms with Crippen molar-refractivity contribution >= 4 is 40.6 Å². The summed E-state index contributed by atoms with van der Waals surface area (Å²) >= 11 is 13.3. The van der Waals surface area contributed by atoms with Crippen LogP contribution >= 0.6 is 34.5 Å². The molecule has 2 atom stereocenters. The molecule has 3 rings (SSSR count). The molecule has 0 radical (unpaired) electrons. The van der Waals surface area contributed by atoms with Crippen LogP contribution in [0.1, 0.15) is 33.7 Å². The zero-order chi connectivity index (χ0) is 18.7. The maximum Gasteiger partial charge on any atom is 0.405 e. The quantitative estimate of drug-likeness (QED) is 0.546. The Morgan fingerprint density at radius 2 is 2.04 bits per heavy atom. The fourth-order valence-corrected chi connectivity index (χ4v) is 3.82. The minimum atomic E-state index is -1.16. The Kier molecular flexibility index (Phi) is 5.73. The van der Waals surface area contributed by atoms with Crippen molar-refractivity contribution < 1.29 is 15.0 Å². The number of hydrogen-bond donors (Lipinski definition) is 3. The first-order valence-corrected chi connectivity index (χ1v) is 9.06. The molecule has 2 heterocycles. The fourth-order valence-electron chi connectivity index (χ4n) is 2.49. The van der Waals surface area contributed by atoms with Gasteiger partial charge in [0.1, 0.15) is 17.6 Å². The van der Waals surface area contributed by atoms with E-state index in [1.165, 1.54) is 23.9 Å². The van der Waals surface area contributed by atoms with Gasteiger partial charge in [0.05, 0.1) is 6.04 Å². The van der Waals surface area contributed by atoms with Gasteiger partial charge in [-0.05, 0) is 34.7 Å². The van der Waals surface area contributed by atoms with Gasteiger partial charge in [0, 0.05) is 21.7 Å². The number of hydrogen-bond acceptors (Lipinski definition) is 5. The molecule has 26 heavy (non-hydrogen) atoms. The second kappa shape index (κ2) is 8.01. The first kappa shape index (κ1) is 18.6. The molecule has 0 spiro atoms. The zero-order valence-corrected chi connectivity index (χ0v) is 15.5. The summed E-state index contributed by atoms with van der Waals surface area (Å²) in [5, 5.41) is 24.7. The number of nitrogens with one attached hydrogen (secondary N) is 1. The number of carbonyl (C=O) groups is 1. The Morgan fingerprint density at radius 3 is 2.73 bits per heavy atom. The molecule has 0 aliphatic carbocycles. The third kappa shape index (κ3) is 4.13. The van der Waals surface area contributed by atoms with Crippen molar-refractivity contribution in [2.75, 3.05) is 0 Å². The molecular formula is C17H13Cl2N3O3S. The average Bonchev–Trinajstić information content (AvgIpc) is 3.09. The summed E-state index contributed by atoms with van der Waals surface area (Å²) in [5.41, 5.74) is 1.76. The Labute approximate surface area is 163 Å². The maximum atomic E-state index is 11.2. The standard InChI is InChI=1S/C17H13Cl2N3O3S/c18-11-3-1-2-9(4-11)14(22-17(24)25)10-5-13(26-7-10)15(23)12-6-20-8-21-16(12)19/h1-8,14-15,22-23H,(H,24,25). The number of aliphatic hydroxyl groups is 1. The molecule has 0 aliphatic heterocycles. The highest BCUT2D eigenvalue weighted by atomic mass is 35.5. The predicted octanol–water partition coefficient (Wildman–Crippen LogP) is 4.28. The van der Waals surface area contributed by atoms with Crippen molar-refractivity contribution in [2.24, 2.45) is 0 Å². The van der Waals surface area contributed by atoms with Gasteiger partial charge in [0.15, 0.2) is 0 Å². The molecule has 3 N–H and O–H groups in total. The number of benzene rings is 1. The van der Waals surface area contributed by atoms with E-state index in [4.69, 9.17) is 23.2 Å². The molecule has 3 aromatic rings. The molecule has 134 valence electrons. The van der Waals surface area contributed by atoms with Gasteiger partial charge in [0.25, 0.3) is 0 Å². The van der Waals surface area contributed by atoms with Gasteiger partial charge in [-0.25, -0.2) is 14.8 Å². The van der Waals surface area contributed by atoms with Crippen molar-refractivity contribution in [1.82, 2.24) is 15.3 Å². The van der Waals surface area contributed by atoms with E-state index >= 15 is 0 Å². The third-order valence-electron chi connectivity index (χ3n) is 3.68. The zero-order valence-electron chi connectivity index (χ0n) is 13.1. The molecule has 0 fully saturated rings. The molecule has 1 aromatic carbocycles. The second-order valence-electron chi connectivity index (χ2n) is 5.39. The van der Waals surface area contributed by atoms with E-state index in [1.807, 2.05) is 0 Å². The lowest BCUT2D eigenvalue weighted by molar-refractivity contribution is 0.192. The van der Waals surface area contributed by atoms with Gasteiger partial charge < -0.3 is 15.5 Å². The largest absolute Gasteiger partial charge is 0.465 e. The van der Waals surface area contributed by atoms with Crippen molar-refractivity contribution in [2.45, 2.75) is 12.1 Å². The molecule has 9 heteroatoms. The van der Waals surface area contributed by atoms with Crippen LogP contribution in [0.15, 0.2) is 48.2 Å². The minimum absolute atomic E-state index is 0.164. The Hall–Kier alpha value is -2.19. The highest BCUT2D eigenvalue weighted by Gasteiger charge is 2.22. The van der Waals surface area contributed by atoms with E-state index in [1.54, 1.807) is 35.7 Å². The van der Waals surface area contributed by atoms with Crippen LogP contribution in [0.5, 0.6) is 0 Å². The lowest BCUT2D eigenvalue weighted by atomic mass is 10.0. The van der Waals surface area contributed by atoms with Crippen LogP contribution in [0.4, 0.5) is 4.79 Å². The molecule has 0 bridgehead atoms. The molecule has 0 saturated carbocycles. The normalized spacial score (nSPS) is 13.2. The van der Waals surface area contributed by atoms with Gasteiger partial charge >= 0.3 is 6.09 Å². The molecular weight excluding hydrogens is 397 g/mol. The van der Waals surface area contributed by atoms with E-state index in [2.05, 4.69) is 15.3 Å². The molecule has 6 nitrogen and oxygen atoms in total. The number of halogens is 2. The summed E-state index contributed by atoms with van der Waals surface area (Å²) in [4.78, 5) is 19.6. The number of thiophene rings is 1. The van der Waals surface area contributed by atoms with Gasteiger partial charge in [-0.2, -0.15) is 0 Å². The van der Waals surface area contributed by atoms with Crippen molar-refractivity contribution in [3.05, 3.63) is 80.0 Å². The van der Waals surface area contributed by atoms with Crippen molar-refractivity contribution in [3.63, 3.8) is 0 Å². The first-order chi connectivity index (χ1) is 12.5. The van der Waals surface area contributed by atoms with Gasteiger partial charge in [-0.15, -0.1) is 11.3 Å². The Balaban J connectivity index is 1.94. The Morgan fingerprint density at radius 1 is 1.23 bits per heavy atom. The van der Waals surface area contributed by atoms with Crippen molar-refractivity contribution in [1.29, 1.82) is 0 Å². The van der Waals surface area contributed by atoms with Crippen LogP contribution in [0.25, 0.3) is 0 Å². The molecule has 0 aliphatic rings. The van der Waals surface area contributed by atoms with E-state index in [0.717, 1.165) is 0 Å². The van der Waals surface area contributed by atoms with Crippen molar-refractivity contribution in [3.8, 4) is 0 Å². The number of aromatic nitrogens is 2. The van der Waals surface area contributed by atoms with Crippen LogP contribution in [-0.4, -0.2) is 26.3 Å². The van der Waals surface area contributed by atoms with Crippen LogP contribution in [0.3, 0.4) is 0 Å². The average molecular weight is 410 g/mol. The maximum absolute atomic E-state index is 11.2. The molecule has 0 saturated heterocycles. The lowest BCUT2D eigenvalue weighted by Crippen LogP contribution is -2.27. The van der Waals surface area contributed by atoms with Crippen LogP contribution in [0.2, 0.25) is 10.2 Å². The second-order valence-corrected chi connectivity index (χ2v) is 7.13. The predicted molar refractivity (Wildman–Crippen MR) is 99.9 cm³/mol. The summed E-state index contributed by atoms with van der Waals surface area (Å²) in [6.45, 7) is 0. The van der Waals surface area contributed by atoms with E-state index in [0.29, 0.717) is 26.6 Å². The summed E-state index contributed by atoms with van der Waals surface area (Å²) in [6, 6.07) is 8.03. The van der Waals surface area contributed by atoms with Gasteiger partial charge in [-0.1, -0.05) is 35.3 Å². The smallest absolute Gasteiger partial charge is 0.405 e. The van der Waals surface area contributed by atoms with Crippen LogP contribution < -0.4 is 5.32 Å². The van der Waals surface area contributed by atoms with Crippen LogP contribution in [0, 0.1) is 0 Å². The number of rotatable bonds is 5. The van der Waals surface area contributed by atoms with E-state index < -0.39 is 18.2 Å². The summed E-state index contributed by atoms with van der Waals surface area (Å²) < 4.78 is 0. The SMILES string of the molecule is O=C(O)NC(c1cccc(Cl)c1)c1csc(C(O)c2cncnc2Cl)c1. The van der Waals surface area contributed by atoms with E-state index in [-0.39, 0.29) is 5.15 Å². The Bertz CT molecular complexity index is 935. The monoisotopic (exact) mass is 409 g/mol. The summed E-state index contributed by atoms with van der Waals surface area (Å²) in [5.74, 6) is 0. The first-order valence-electron chi connectivity index (χ1n) is 7.42. The molecule has 1 amide bonds. The summed E-state index contributed by atoms with van der Waals surface area (Å²) in [6.07, 6.45) is 0.573. The number of amides is 1. The fraction of sp³-hybridized carbons (Fsp3) is 0.118. The third-order valence-corrected chi connectivity index (χ3v) is 5.23. The van der Waals surface area contributed by atoms with Gasteiger partial charge in [0.2, 0.25) is 0 Å². The lowest BCUT2D eigenvalue weighted by Gasteiger charge is -2.17. The molecule has 2 unspecified atom stereocenters. The highest BCUT2D eigenvalue weighted by molar-refractivity contribution is 7.10.